The number of sulfone groups is 1. The van der Waals surface area contributed by atoms with Crippen LogP contribution in [0.3, 0.4) is 0 Å². The molecule has 6 nitrogen and oxygen atoms in total. The van der Waals surface area contributed by atoms with E-state index >= 15 is 0 Å². The predicted octanol–water partition coefficient (Wildman–Crippen LogP) is 6.98. The van der Waals surface area contributed by atoms with E-state index in [9.17, 15) is 26.4 Å². The zero-order valence-corrected chi connectivity index (χ0v) is 21.2. The molecule has 0 fully saturated rings. The van der Waals surface area contributed by atoms with E-state index in [0.29, 0.717) is 27.9 Å². The van der Waals surface area contributed by atoms with Gasteiger partial charge < -0.3 is 10.1 Å². The maximum Gasteiger partial charge on any atom is 0.416 e. The number of hydrogen-bond donors (Lipinski definition) is 1. The lowest BCUT2D eigenvalue weighted by atomic mass is 9.96. The van der Waals surface area contributed by atoms with E-state index in [1.807, 2.05) is 0 Å². The van der Waals surface area contributed by atoms with Crippen LogP contribution in [0.1, 0.15) is 19.4 Å². The minimum absolute atomic E-state index is 0.0728. The zero-order valence-electron chi connectivity index (χ0n) is 20.4. The van der Waals surface area contributed by atoms with Crippen molar-refractivity contribution in [3.8, 4) is 33.8 Å². The van der Waals surface area contributed by atoms with Gasteiger partial charge in [-0.1, -0.05) is 31.2 Å². The molecule has 0 aliphatic heterocycles. The Morgan fingerprint density at radius 3 is 2.32 bits per heavy atom. The molecule has 4 aromatic rings. The number of anilines is 1. The monoisotopic (exact) mass is 540 g/mol. The van der Waals surface area contributed by atoms with Gasteiger partial charge in [0.05, 0.1) is 21.9 Å². The van der Waals surface area contributed by atoms with Gasteiger partial charge in [0, 0.05) is 36.0 Å². The SMILES string of the molecule is CCS(=O)(=O)c1ccc(-c2c(NC(C)=O)ccc(-c3cccnc3)c2Oc2cccc(C(F)(F)F)c2)cc1. The summed E-state index contributed by atoms with van der Waals surface area (Å²) < 4.78 is 71.0. The Morgan fingerprint density at radius 1 is 0.974 bits per heavy atom. The highest BCUT2D eigenvalue weighted by molar-refractivity contribution is 7.91. The van der Waals surface area contributed by atoms with Crippen molar-refractivity contribution >= 4 is 21.4 Å². The molecular weight excluding hydrogens is 517 g/mol. The van der Waals surface area contributed by atoms with Gasteiger partial charge in [-0.25, -0.2) is 8.42 Å². The summed E-state index contributed by atoms with van der Waals surface area (Å²) in [6.07, 6.45) is -1.42. The molecule has 1 heterocycles. The Morgan fingerprint density at radius 2 is 1.71 bits per heavy atom. The van der Waals surface area contributed by atoms with Crippen LogP contribution in [0.2, 0.25) is 0 Å². The van der Waals surface area contributed by atoms with Crippen molar-refractivity contribution < 1.29 is 31.1 Å². The summed E-state index contributed by atoms with van der Waals surface area (Å²) in [6.45, 7) is 2.86. The maximum absolute atomic E-state index is 13.4. The number of rotatable bonds is 7. The van der Waals surface area contributed by atoms with Crippen LogP contribution in [0.5, 0.6) is 11.5 Å². The average molecular weight is 541 g/mol. The number of nitrogens with zero attached hydrogens (tertiary/aromatic N) is 1. The molecule has 0 spiro atoms. The molecular formula is C28H23F3N2O4S. The van der Waals surface area contributed by atoms with Crippen molar-refractivity contribution in [1.29, 1.82) is 0 Å². The molecule has 38 heavy (non-hydrogen) atoms. The second kappa shape index (κ2) is 10.7. The molecule has 0 unspecified atom stereocenters. The number of halogens is 3. The van der Waals surface area contributed by atoms with Gasteiger partial charge in [-0.2, -0.15) is 13.2 Å². The molecule has 196 valence electrons. The van der Waals surface area contributed by atoms with Crippen molar-refractivity contribution in [1.82, 2.24) is 4.98 Å². The fraction of sp³-hybridized carbons (Fsp3) is 0.143. The molecule has 1 aromatic heterocycles. The first kappa shape index (κ1) is 26.9. The van der Waals surface area contributed by atoms with Crippen LogP contribution >= 0.6 is 0 Å². The molecule has 0 atom stereocenters. The highest BCUT2D eigenvalue weighted by Crippen LogP contribution is 2.46. The Hall–Kier alpha value is -4.18. The minimum Gasteiger partial charge on any atom is -0.456 e. The van der Waals surface area contributed by atoms with Crippen LogP contribution in [0.15, 0.2) is 90.1 Å². The molecule has 0 saturated carbocycles. The lowest BCUT2D eigenvalue weighted by Crippen LogP contribution is -2.08. The van der Waals surface area contributed by atoms with E-state index in [4.69, 9.17) is 4.74 Å². The number of amides is 1. The molecule has 0 saturated heterocycles. The van der Waals surface area contributed by atoms with Gasteiger partial charge in [-0.05, 0) is 54.1 Å². The van der Waals surface area contributed by atoms with Crippen LogP contribution in [0.4, 0.5) is 18.9 Å². The summed E-state index contributed by atoms with van der Waals surface area (Å²) in [5.74, 6) is -0.370. The van der Waals surface area contributed by atoms with Gasteiger partial charge >= 0.3 is 6.18 Å². The summed E-state index contributed by atoms with van der Waals surface area (Å²) >= 11 is 0. The number of carbonyl (C=O) groups excluding carboxylic acids is 1. The summed E-state index contributed by atoms with van der Waals surface area (Å²) in [6, 6.07) is 17.3. The number of alkyl halides is 3. The first-order valence-electron chi connectivity index (χ1n) is 11.5. The summed E-state index contributed by atoms with van der Waals surface area (Å²) in [5, 5.41) is 2.74. The predicted molar refractivity (Wildman–Crippen MR) is 139 cm³/mol. The van der Waals surface area contributed by atoms with E-state index in [-0.39, 0.29) is 28.1 Å². The third-order valence-electron chi connectivity index (χ3n) is 5.70. The second-order valence-corrected chi connectivity index (χ2v) is 10.6. The number of hydrogen-bond acceptors (Lipinski definition) is 5. The minimum atomic E-state index is -4.58. The van der Waals surface area contributed by atoms with Crippen LogP contribution in [0.25, 0.3) is 22.3 Å². The second-order valence-electron chi connectivity index (χ2n) is 8.34. The smallest absolute Gasteiger partial charge is 0.416 e. The lowest BCUT2D eigenvalue weighted by Gasteiger charge is -2.20. The Bertz CT molecular complexity index is 1570. The molecule has 10 heteroatoms. The largest absolute Gasteiger partial charge is 0.456 e. The summed E-state index contributed by atoms with van der Waals surface area (Å²) in [7, 11) is -3.47. The van der Waals surface area contributed by atoms with Crippen LogP contribution < -0.4 is 10.1 Å². The molecule has 1 N–H and O–H groups in total. The van der Waals surface area contributed by atoms with E-state index in [1.165, 1.54) is 38.1 Å². The normalized spacial score (nSPS) is 11.7. The van der Waals surface area contributed by atoms with Gasteiger partial charge in [0.15, 0.2) is 9.84 Å². The van der Waals surface area contributed by atoms with Gasteiger partial charge in [0.2, 0.25) is 5.91 Å². The molecule has 0 radical (unpaired) electrons. The van der Waals surface area contributed by atoms with Crippen molar-refractivity contribution in [2.45, 2.75) is 24.9 Å². The summed E-state index contributed by atoms with van der Waals surface area (Å²) in [5.41, 5.74) is 1.42. The number of ether oxygens (including phenoxy) is 1. The molecule has 1 amide bonds. The van der Waals surface area contributed by atoms with E-state index in [1.54, 1.807) is 48.8 Å². The topological polar surface area (TPSA) is 85.4 Å². The molecule has 3 aromatic carbocycles. The van der Waals surface area contributed by atoms with Crippen LogP contribution in [-0.4, -0.2) is 25.1 Å². The zero-order chi connectivity index (χ0) is 27.5. The third-order valence-corrected chi connectivity index (χ3v) is 7.45. The highest BCUT2D eigenvalue weighted by Gasteiger charge is 2.31. The van der Waals surface area contributed by atoms with Gasteiger partial charge in [0.25, 0.3) is 0 Å². The molecule has 0 bridgehead atoms. The van der Waals surface area contributed by atoms with Crippen molar-refractivity contribution in [3.05, 3.63) is 90.8 Å². The maximum atomic E-state index is 13.4. The third kappa shape index (κ3) is 5.86. The fourth-order valence-corrected chi connectivity index (χ4v) is 4.75. The lowest BCUT2D eigenvalue weighted by molar-refractivity contribution is -0.137. The summed E-state index contributed by atoms with van der Waals surface area (Å²) in [4.78, 5) is 16.3. The number of aromatic nitrogens is 1. The highest BCUT2D eigenvalue weighted by atomic mass is 32.2. The van der Waals surface area contributed by atoms with Gasteiger partial charge in [-0.3, -0.25) is 9.78 Å². The fourth-order valence-electron chi connectivity index (χ4n) is 3.87. The van der Waals surface area contributed by atoms with E-state index in [0.717, 1.165) is 12.1 Å². The van der Waals surface area contributed by atoms with E-state index in [2.05, 4.69) is 10.3 Å². The standard InChI is InChI=1S/C28H23F3N2O4S/c1-3-38(35,36)23-11-9-19(10-12-23)26-25(33-18(2)34)14-13-24(20-6-5-15-32-17-20)27(26)37-22-8-4-7-21(16-22)28(29,30)31/h4-17H,3H2,1-2H3,(H,33,34). The van der Waals surface area contributed by atoms with Crippen LogP contribution in [-0.2, 0) is 20.8 Å². The number of carbonyl (C=O) groups is 1. The first-order valence-corrected chi connectivity index (χ1v) is 13.2. The number of benzene rings is 3. The van der Waals surface area contributed by atoms with Crippen LogP contribution in [0, 0.1) is 0 Å². The van der Waals surface area contributed by atoms with Crippen molar-refractivity contribution in [2.24, 2.45) is 0 Å². The van der Waals surface area contributed by atoms with Crippen molar-refractivity contribution in [3.63, 3.8) is 0 Å². The quantitative estimate of drug-likeness (QED) is 0.273. The Labute approximate surface area is 218 Å². The number of pyridine rings is 1. The van der Waals surface area contributed by atoms with Gasteiger partial charge in [0.1, 0.15) is 11.5 Å². The Kier molecular flexibility index (Phi) is 7.54. The van der Waals surface area contributed by atoms with E-state index < -0.39 is 21.6 Å². The molecule has 0 aliphatic carbocycles. The molecule has 4 rings (SSSR count). The average Bonchev–Trinajstić information content (AvgIpc) is 2.89. The first-order chi connectivity index (χ1) is 18.0. The van der Waals surface area contributed by atoms with Crippen molar-refractivity contribution in [2.75, 3.05) is 11.1 Å². The molecule has 0 aliphatic rings. The Balaban J connectivity index is 1.98. The van der Waals surface area contributed by atoms with Gasteiger partial charge in [-0.15, -0.1) is 0 Å². The number of nitrogens with one attached hydrogen (secondary N) is 1.